The zero-order valence-corrected chi connectivity index (χ0v) is 12.1. The lowest BCUT2D eigenvalue weighted by Gasteiger charge is -2.41. The summed E-state index contributed by atoms with van der Waals surface area (Å²) >= 11 is 0. The second-order valence-corrected chi connectivity index (χ2v) is 4.45. The highest BCUT2D eigenvalue weighted by Crippen LogP contribution is 2.31. The molecule has 2 aliphatic heterocycles. The summed E-state index contributed by atoms with van der Waals surface area (Å²) < 4.78 is 5.67. The van der Waals surface area contributed by atoms with Crippen LogP contribution in [0.1, 0.15) is 47.5 Å². The summed E-state index contributed by atoms with van der Waals surface area (Å²) in [4.78, 5) is 2.43. The highest BCUT2D eigenvalue weighted by atomic mass is 16.5. The molecule has 2 heteroatoms. The summed E-state index contributed by atoms with van der Waals surface area (Å²) in [6.45, 7) is 13.7. The van der Waals surface area contributed by atoms with Crippen LogP contribution in [-0.2, 0) is 4.74 Å². The van der Waals surface area contributed by atoms with Crippen molar-refractivity contribution in [3.8, 4) is 0 Å². The Morgan fingerprint density at radius 2 is 1.69 bits per heavy atom. The fraction of sp³-hybridized carbons (Fsp3) is 1.00. The second-order valence-electron chi connectivity index (χ2n) is 4.45. The quantitative estimate of drug-likeness (QED) is 0.631. The molecule has 0 aromatic heterocycles. The van der Waals surface area contributed by atoms with Gasteiger partial charge >= 0.3 is 0 Å². The lowest BCUT2D eigenvalue weighted by molar-refractivity contribution is -0.0619. The van der Waals surface area contributed by atoms with Crippen molar-refractivity contribution < 1.29 is 4.74 Å². The van der Waals surface area contributed by atoms with Crippen molar-refractivity contribution in [2.24, 2.45) is 11.8 Å². The van der Waals surface area contributed by atoms with Crippen LogP contribution < -0.4 is 0 Å². The molecule has 0 saturated carbocycles. The van der Waals surface area contributed by atoms with Crippen molar-refractivity contribution in [1.29, 1.82) is 0 Å². The third-order valence-electron chi connectivity index (χ3n) is 3.32. The van der Waals surface area contributed by atoms with Gasteiger partial charge in [-0.15, -0.1) is 0 Å². The summed E-state index contributed by atoms with van der Waals surface area (Å²) in [5.41, 5.74) is 0. The highest BCUT2D eigenvalue weighted by Gasteiger charge is 2.32. The van der Waals surface area contributed by atoms with Gasteiger partial charge in [0.25, 0.3) is 0 Å². The van der Waals surface area contributed by atoms with Crippen LogP contribution in [0.4, 0.5) is 0 Å². The van der Waals surface area contributed by atoms with Crippen LogP contribution in [0.15, 0.2) is 0 Å². The molecule has 2 fully saturated rings. The molecule has 3 unspecified atom stereocenters. The number of rotatable bonds is 0. The lowest BCUT2D eigenvalue weighted by Crippen LogP contribution is -2.44. The van der Waals surface area contributed by atoms with E-state index in [-0.39, 0.29) is 0 Å². The number of hydrogen-bond donors (Lipinski definition) is 0. The molecule has 98 valence electrons. The Morgan fingerprint density at radius 3 is 2.31 bits per heavy atom. The molecular formula is C14H31NO. The van der Waals surface area contributed by atoms with E-state index >= 15 is 0 Å². The summed E-state index contributed by atoms with van der Waals surface area (Å²) in [6.07, 6.45) is 3.18. The van der Waals surface area contributed by atoms with Crippen LogP contribution in [0.5, 0.6) is 0 Å². The van der Waals surface area contributed by atoms with Crippen LogP contribution in [-0.4, -0.2) is 37.7 Å². The van der Waals surface area contributed by atoms with E-state index in [9.17, 15) is 0 Å². The molecule has 0 amide bonds. The number of piperidine rings is 1. The van der Waals surface area contributed by atoms with Crippen molar-refractivity contribution in [3.63, 3.8) is 0 Å². The number of hydrogen-bond acceptors (Lipinski definition) is 2. The highest BCUT2D eigenvalue weighted by molar-refractivity contribution is 4.83. The molecule has 0 radical (unpaired) electrons. The van der Waals surface area contributed by atoms with Crippen molar-refractivity contribution in [2.45, 2.75) is 53.6 Å². The van der Waals surface area contributed by atoms with Crippen LogP contribution in [0.25, 0.3) is 0 Å². The largest absolute Gasteiger partial charge is 0.378 e. The molecule has 2 heterocycles. The van der Waals surface area contributed by atoms with Gasteiger partial charge in [-0.3, -0.25) is 0 Å². The zero-order valence-electron chi connectivity index (χ0n) is 12.1. The van der Waals surface area contributed by atoms with E-state index in [4.69, 9.17) is 4.74 Å². The summed E-state index contributed by atoms with van der Waals surface area (Å²) in [5, 5.41) is 0. The van der Waals surface area contributed by atoms with Gasteiger partial charge in [-0.1, -0.05) is 27.7 Å². The molecule has 0 aromatic rings. The molecular weight excluding hydrogens is 198 g/mol. The van der Waals surface area contributed by atoms with Gasteiger partial charge < -0.3 is 9.64 Å². The van der Waals surface area contributed by atoms with Gasteiger partial charge in [0.2, 0.25) is 0 Å². The van der Waals surface area contributed by atoms with Crippen LogP contribution in [0.2, 0.25) is 0 Å². The number of likely N-dealkylation sites (tertiary alicyclic amines) is 1. The van der Waals surface area contributed by atoms with Crippen LogP contribution in [0.3, 0.4) is 0 Å². The normalized spacial score (nSPS) is 33.8. The molecule has 2 rings (SSSR count). The minimum Gasteiger partial charge on any atom is -0.378 e. The van der Waals surface area contributed by atoms with Crippen molar-refractivity contribution >= 4 is 0 Å². The topological polar surface area (TPSA) is 12.5 Å². The molecule has 2 nitrogen and oxygen atoms in total. The molecule has 2 aliphatic rings. The van der Waals surface area contributed by atoms with E-state index in [2.05, 4.69) is 18.9 Å². The maximum absolute atomic E-state index is 5.67. The van der Waals surface area contributed by atoms with Crippen LogP contribution in [0, 0.1) is 11.8 Å². The van der Waals surface area contributed by atoms with Crippen LogP contribution >= 0.6 is 0 Å². The van der Waals surface area contributed by atoms with E-state index in [1.807, 2.05) is 27.7 Å². The predicted molar refractivity (Wildman–Crippen MR) is 71.8 cm³/mol. The van der Waals surface area contributed by atoms with Gasteiger partial charge in [0.15, 0.2) is 0 Å². The van der Waals surface area contributed by atoms with Gasteiger partial charge in [0, 0.05) is 6.54 Å². The van der Waals surface area contributed by atoms with Gasteiger partial charge in [0.1, 0.15) is 0 Å². The second kappa shape index (κ2) is 9.00. The first-order valence-corrected chi connectivity index (χ1v) is 7.06. The van der Waals surface area contributed by atoms with Gasteiger partial charge in [0.05, 0.1) is 12.7 Å². The van der Waals surface area contributed by atoms with E-state index in [1.54, 1.807) is 0 Å². The maximum atomic E-state index is 5.67. The molecule has 0 bridgehead atoms. The Kier molecular flexibility index (Phi) is 8.96. The molecule has 3 atom stereocenters. The Bertz CT molecular complexity index is 143. The number of fused-ring (bicyclic) bond motifs is 1. The van der Waals surface area contributed by atoms with Crippen molar-refractivity contribution in [3.05, 3.63) is 0 Å². The van der Waals surface area contributed by atoms with E-state index in [0.29, 0.717) is 6.10 Å². The first-order valence-electron chi connectivity index (χ1n) is 7.06. The monoisotopic (exact) mass is 229 g/mol. The van der Waals surface area contributed by atoms with E-state index in [0.717, 1.165) is 18.4 Å². The van der Waals surface area contributed by atoms with Gasteiger partial charge in [-0.2, -0.15) is 0 Å². The fourth-order valence-electron chi connectivity index (χ4n) is 2.54. The molecule has 0 aromatic carbocycles. The Labute approximate surface area is 102 Å². The molecule has 0 N–H and O–H groups in total. The Hall–Kier alpha value is -0.0800. The smallest absolute Gasteiger partial charge is 0.0549 e. The first-order chi connectivity index (χ1) is 7.75. The number of ether oxygens (including phenoxy) is 1. The zero-order chi connectivity index (χ0) is 12.6. The summed E-state index contributed by atoms with van der Waals surface area (Å²) in [5.74, 6) is 1.77. The third kappa shape index (κ3) is 4.84. The average Bonchev–Trinajstić information content (AvgIpc) is 2.35. The number of nitrogens with zero attached hydrogens (tertiary/aromatic N) is 1. The van der Waals surface area contributed by atoms with E-state index in [1.165, 1.54) is 25.9 Å². The lowest BCUT2D eigenvalue weighted by atomic mass is 9.81. The van der Waals surface area contributed by atoms with Gasteiger partial charge in [-0.05, 0) is 45.2 Å². The van der Waals surface area contributed by atoms with E-state index < -0.39 is 0 Å². The fourth-order valence-corrected chi connectivity index (χ4v) is 2.54. The maximum Gasteiger partial charge on any atom is 0.0549 e. The van der Waals surface area contributed by atoms with Gasteiger partial charge in [-0.25, -0.2) is 0 Å². The minimum absolute atomic E-state index is 0.509. The average molecular weight is 229 g/mol. The Balaban J connectivity index is 0.000000509. The summed E-state index contributed by atoms with van der Waals surface area (Å²) in [7, 11) is 2.22. The molecule has 0 spiro atoms. The molecule has 2 saturated heterocycles. The molecule has 16 heavy (non-hydrogen) atoms. The SMILES string of the molecule is CC.CC.CC1CC2CCN(C)CC2CO1. The Morgan fingerprint density at radius 1 is 1.06 bits per heavy atom. The third-order valence-corrected chi connectivity index (χ3v) is 3.32. The first kappa shape index (κ1) is 15.9. The minimum atomic E-state index is 0.509. The van der Waals surface area contributed by atoms with Crippen molar-refractivity contribution in [2.75, 3.05) is 26.7 Å². The van der Waals surface area contributed by atoms with Crippen molar-refractivity contribution in [1.82, 2.24) is 4.90 Å². The standard InChI is InChI=1S/C10H19NO.2C2H6/c1-8-5-9-3-4-11(2)6-10(9)7-12-8;2*1-2/h8-10H,3-7H2,1-2H3;2*1-2H3. The summed E-state index contributed by atoms with van der Waals surface area (Å²) in [6, 6.07) is 0. The predicted octanol–water partition coefficient (Wildman–Crippen LogP) is 3.42. The molecule has 0 aliphatic carbocycles.